The zero-order chi connectivity index (χ0) is 16.3. The molecule has 0 aliphatic carbocycles. The molecule has 0 aliphatic heterocycles. The average molecular weight is 313 g/mol. The number of rotatable bonds is 4. The number of nitrogens with one attached hydrogen (secondary N) is 1. The van der Waals surface area contributed by atoms with Crippen LogP contribution in [-0.4, -0.2) is 22.2 Å². The van der Waals surface area contributed by atoms with E-state index in [-0.39, 0.29) is 11.6 Å². The minimum Gasteiger partial charge on any atom is -0.339 e. The lowest BCUT2D eigenvalue weighted by Crippen LogP contribution is -2.29. The van der Waals surface area contributed by atoms with Gasteiger partial charge in [-0.15, -0.1) is 0 Å². The minimum absolute atomic E-state index is 0.0713. The van der Waals surface area contributed by atoms with Gasteiger partial charge in [-0.05, 0) is 17.7 Å². The highest BCUT2D eigenvalue weighted by Crippen LogP contribution is 2.19. The van der Waals surface area contributed by atoms with Gasteiger partial charge >= 0.3 is 12.1 Å². The van der Waals surface area contributed by atoms with Crippen molar-refractivity contribution >= 4 is 11.6 Å². The van der Waals surface area contributed by atoms with E-state index in [1.807, 2.05) is 13.8 Å². The molecule has 0 fully saturated rings. The highest BCUT2D eigenvalue weighted by atomic mass is 19.4. The number of alkyl halides is 3. The molecule has 0 atom stereocenters. The molecule has 0 radical (unpaired) electrons. The van der Waals surface area contributed by atoms with Crippen LogP contribution >= 0.6 is 0 Å². The lowest BCUT2D eigenvalue weighted by molar-refractivity contribution is -0.167. The van der Waals surface area contributed by atoms with Crippen LogP contribution in [0.3, 0.4) is 0 Å². The molecule has 0 saturated carbocycles. The molecule has 0 spiro atoms. The van der Waals surface area contributed by atoms with Crippen LogP contribution in [0.4, 0.5) is 18.9 Å². The van der Waals surface area contributed by atoms with Crippen LogP contribution in [0.5, 0.6) is 0 Å². The number of anilines is 1. The van der Waals surface area contributed by atoms with E-state index in [0.717, 1.165) is 5.56 Å². The molecule has 0 bridgehead atoms. The van der Waals surface area contributed by atoms with Crippen LogP contribution < -0.4 is 5.32 Å². The summed E-state index contributed by atoms with van der Waals surface area (Å²) < 4.78 is 41.5. The topological polar surface area (TPSA) is 68.0 Å². The van der Waals surface area contributed by atoms with Crippen molar-refractivity contribution in [3.63, 3.8) is 0 Å². The van der Waals surface area contributed by atoms with E-state index in [1.165, 1.54) is 12.1 Å². The molecule has 1 aromatic carbocycles. The molecule has 1 heterocycles. The molecule has 2 aromatic rings. The van der Waals surface area contributed by atoms with Crippen molar-refractivity contribution in [1.29, 1.82) is 0 Å². The third kappa shape index (κ3) is 4.06. The van der Waals surface area contributed by atoms with Crippen molar-refractivity contribution < 1.29 is 22.5 Å². The SMILES string of the molecule is CC(C)c1nc(Cc2ccc(NC(=O)C(F)(F)F)cc2)no1. The van der Waals surface area contributed by atoms with Crippen molar-refractivity contribution in [1.82, 2.24) is 10.1 Å². The van der Waals surface area contributed by atoms with Crippen molar-refractivity contribution in [2.75, 3.05) is 5.32 Å². The van der Waals surface area contributed by atoms with Gasteiger partial charge < -0.3 is 9.84 Å². The number of hydrogen-bond acceptors (Lipinski definition) is 4. The Labute approximate surface area is 124 Å². The predicted molar refractivity (Wildman–Crippen MR) is 72.3 cm³/mol. The van der Waals surface area contributed by atoms with E-state index >= 15 is 0 Å². The van der Waals surface area contributed by atoms with Crippen LogP contribution in [0.15, 0.2) is 28.8 Å². The van der Waals surface area contributed by atoms with Gasteiger partial charge in [-0.1, -0.05) is 31.1 Å². The number of halogens is 3. The van der Waals surface area contributed by atoms with Crippen molar-refractivity contribution in [3.05, 3.63) is 41.5 Å². The average Bonchev–Trinajstić information content (AvgIpc) is 2.88. The number of carbonyl (C=O) groups excluding carboxylic acids is 1. The van der Waals surface area contributed by atoms with Crippen LogP contribution in [0.1, 0.15) is 37.0 Å². The first kappa shape index (κ1) is 16.0. The molecule has 1 amide bonds. The Kier molecular flexibility index (Phi) is 4.48. The summed E-state index contributed by atoms with van der Waals surface area (Å²) in [6.45, 7) is 3.85. The molecule has 118 valence electrons. The molecule has 5 nitrogen and oxygen atoms in total. The third-order valence-corrected chi connectivity index (χ3v) is 2.81. The van der Waals surface area contributed by atoms with Crippen LogP contribution in [0.25, 0.3) is 0 Å². The van der Waals surface area contributed by atoms with Crippen molar-refractivity contribution in [3.8, 4) is 0 Å². The van der Waals surface area contributed by atoms with Gasteiger partial charge in [-0.3, -0.25) is 4.79 Å². The fourth-order valence-electron chi connectivity index (χ4n) is 1.66. The molecular weight excluding hydrogens is 299 g/mol. The Morgan fingerprint density at radius 2 is 1.91 bits per heavy atom. The largest absolute Gasteiger partial charge is 0.471 e. The molecule has 2 rings (SSSR count). The van der Waals surface area contributed by atoms with Crippen LogP contribution in [-0.2, 0) is 11.2 Å². The zero-order valence-electron chi connectivity index (χ0n) is 11.9. The van der Waals surface area contributed by atoms with E-state index in [9.17, 15) is 18.0 Å². The van der Waals surface area contributed by atoms with Gasteiger partial charge in [0.2, 0.25) is 5.89 Å². The monoisotopic (exact) mass is 313 g/mol. The Morgan fingerprint density at radius 1 is 1.27 bits per heavy atom. The molecular formula is C14H14F3N3O2. The van der Waals surface area contributed by atoms with Crippen molar-refractivity contribution in [2.45, 2.75) is 32.4 Å². The summed E-state index contributed by atoms with van der Waals surface area (Å²) in [5.74, 6) is -0.846. The van der Waals surface area contributed by atoms with Gasteiger partial charge in [0, 0.05) is 18.0 Å². The maximum Gasteiger partial charge on any atom is 0.471 e. The minimum atomic E-state index is -4.91. The second-order valence-corrected chi connectivity index (χ2v) is 5.03. The molecule has 0 saturated heterocycles. The number of hydrogen-bond donors (Lipinski definition) is 1. The first-order valence-electron chi connectivity index (χ1n) is 6.55. The van der Waals surface area contributed by atoms with E-state index in [2.05, 4.69) is 10.1 Å². The van der Waals surface area contributed by atoms with E-state index in [4.69, 9.17) is 4.52 Å². The van der Waals surface area contributed by atoms with Crippen molar-refractivity contribution in [2.24, 2.45) is 0 Å². The summed E-state index contributed by atoms with van der Waals surface area (Å²) in [6, 6.07) is 5.97. The molecule has 1 N–H and O–H groups in total. The fourth-order valence-corrected chi connectivity index (χ4v) is 1.66. The van der Waals surface area contributed by atoms with Crippen LogP contribution in [0, 0.1) is 0 Å². The highest BCUT2D eigenvalue weighted by molar-refractivity contribution is 5.94. The summed E-state index contributed by atoms with van der Waals surface area (Å²) in [6.07, 6.45) is -4.51. The third-order valence-electron chi connectivity index (χ3n) is 2.81. The first-order chi connectivity index (χ1) is 10.3. The maximum atomic E-state index is 12.1. The molecule has 8 heteroatoms. The summed E-state index contributed by atoms with van der Waals surface area (Å²) in [5.41, 5.74) is 0.864. The summed E-state index contributed by atoms with van der Waals surface area (Å²) >= 11 is 0. The highest BCUT2D eigenvalue weighted by Gasteiger charge is 2.38. The first-order valence-corrected chi connectivity index (χ1v) is 6.55. The molecule has 1 aromatic heterocycles. The van der Waals surface area contributed by atoms with Gasteiger partial charge in [0.05, 0.1) is 0 Å². The predicted octanol–water partition coefficient (Wildman–Crippen LogP) is 3.28. The number of benzene rings is 1. The van der Waals surface area contributed by atoms with Gasteiger partial charge in [-0.2, -0.15) is 18.2 Å². The normalized spacial score (nSPS) is 11.7. The zero-order valence-corrected chi connectivity index (χ0v) is 11.9. The van der Waals surface area contributed by atoms with E-state index < -0.39 is 12.1 Å². The van der Waals surface area contributed by atoms with Gasteiger partial charge in [0.1, 0.15) is 0 Å². The smallest absolute Gasteiger partial charge is 0.339 e. The Hall–Kier alpha value is -2.38. The fraction of sp³-hybridized carbons (Fsp3) is 0.357. The van der Waals surface area contributed by atoms with Gasteiger partial charge in [0.15, 0.2) is 5.82 Å². The number of amides is 1. The second kappa shape index (κ2) is 6.17. The standard InChI is InChI=1S/C14H14F3N3O2/c1-8(2)12-19-11(20-22-12)7-9-3-5-10(6-4-9)18-13(21)14(15,16)17/h3-6,8H,7H2,1-2H3,(H,18,21). The molecule has 0 aliphatic rings. The Morgan fingerprint density at radius 3 is 2.41 bits per heavy atom. The van der Waals surface area contributed by atoms with Crippen LogP contribution in [0.2, 0.25) is 0 Å². The maximum absolute atomic E-state index is 12.1. The number of aromatic nitrogens is 2. The summed E-state index contributed by atoms with van der Waals surface area (Å²) in [5, 5.41) is 5.61. The second-order valence-electron chi connectivity index (χ2n) is 5.03. The molecule has 0 unspecified atom stereocenters. The Balaban J connectivity index is 2.01. The van der Waals surface area contributed by atoms with Gasteiger partial charge in [0.25, 0.3) is 0 Å². The lowest BCUT2D eigenvalue weighted by atomic mass is 10.1. The number of carbonyl (C=O) groups is 1. The van der Waals surface area contributed by atoms with E-state index in [0.29, 0.717) is 18.1 Å². The summed E-state index contributed by atoms with van der Waals surface area (Å²) in [7, 11) is 0. The van der Waals surface area contributed by atoms with E-state index in [1.54, 1.807) is 17.4 Å². The van der Waals surface area contributed by atoms with Gasteiger partial charge in [-0.25, -0.2) is 0 Å². The summed E-state index contributed by atoms with van der Waals surface area (Å²) in [4.78, 5) is 15.0. The molecule has 22 heavy (non-hydrogen) atoms. The lowest BCUT2D eigenvalue weighted by Gasteiger charge is -2.08. The number of nitrogens with zero attached hydrogens (tertiary/aromatic N) is 2. The quantitative estimate of drug-likeness (QED) is 0.940. The Bertz CT molecular complexity index is 648.